The maximum Gasteiger partial charge on any atom is 0.128 e. The van der Waals surface area contributed by atoms with Gasteiger partial charge in [-0.05, 0) is 17.5 Å². The molecule has 3 rings (SSSR count). The lowest BCUT2D eigenvalue weighted by atomic mass is 10.1. The summed E-state index contributed by atoms with van der Waals surface area (Å²) in [6, 6.07) is 7.82. The Kier molecular flexibility index (Phi) is 5.05. The van der Waals surface area contributed by atoms with Crippen molar-refractivity contribution in [3.05, 3.63) is 65.6 Å². The first-order chi connectivity index (χ1) is 11.1. The zero-order valence-corrected chi connectivity index (χ0v) is 14.7. The first-order valence-corrected chi connectivity index (χ1v) is 8.82. The number of hydrogen-bond acceptors (Lipinski definition) is 3. The minimum absolute atomic E-state index is 0.395. The van der Waals surface area contributed by atoms with Gasteiger partial charge in [0.05, 0.1) is 18.6 Å². The molecule has 1 unspecified atom stereocenters. The summed E-state index contributed by atoms with van der Waals surface area (Å²) in [6.07, 6.45) is 6.68. The molecule has 0 radical (unpaired) electrons. The highest BCUT2D eigenvalue weighted by atomic mass is 35.5. The Morgan fingerprint density at radius 1 is 1.43 bits per heavy atom. The van der Waals surface area contributed by atoms with Crippen LogP contribution in [0.25, 0.3) is 5.70 Å². The highest BCUT2D eigenvalue weighted by Crippen LogP contribution is 2.47. The number of para-hydroxylation sites is 1. The lowest BCUT2D eigenvalue weighted by Gasteiger charge is -2.21. The predicted octanol–water partition coefficient (Wildman–Crippen LogP) is 5.32. The van der Waals surface area contributed by atoms with E-state index in [4.69, 9.17) is 27.9 Å². The van der Waals surface area contributed by atoms with Crippen molar-refractivity contribution < 1.29 is 4.74 Å². The van der Waals surface area contributed by atoms with E-state index in [1.807, 2.05) is 40.4 Å². The summed E-state index contributed by atoms with van der Waals surface area (Å²) in [5.74, 6) is 0.786. The normalized spacial score (nSPS) is 20.3. The van der Waals surface area contributed by atoms with Gasteiger partial charge in [0, 0.05) is 35.8 Å². The van der Waals surface area contributed by atoms with Crippen molar-refractivity contribution in [3.63, 3.8) is 0 Å². The number of halogens is 2. The first kappa shape index (κ1) is 16.5. The second-order valence-corrected chi connectivity index (χ2v) is 7.94. The third kappa shape index (κ3) is 3.94. The van der Waals surface area contributed by atoms with E-state index in [1.165, 1.54) is 0 Å². The fourth-order valence-electron chi connectivity index (χ4n) is 2.35. The van der Waals surface area contributed by atoms with Crippen molar-refractivity contribution in [3.8, 4) is 5.75 Å². The SMILES string of the molecule is C=C(c1ccccc1OCCC1(Cl)CC(Cl)=CS1)n1ccnc1. The van der Waals surface area contributed by atoms with Crippen LogP contribution in [0.5, 0.6) is 5.75 Å². The van der Waals surface area contributed by atoms with Gasteiger partial charge in [0.25, 0.3) is 0 Å². The summed E-state index contributed by atoms with van der Waals surface area (Å²) in [6.45, 7) is 4.64. The van der Waals surface area contributed by atoms with Crippen LogP contribution in [-0.2, 0) is 0 Å². The number of ether oxygens (including phenoxy) is 1. The molecular weight excluding hydrogens is 351 g/mol. The third-order valence-electron chi connectivity index (χ3n) is 3.58. The molecule has 120 valence electrons. The molecule has 0 bridgehead atoms. The average Bonchev–Trinajstić information content (AvgIpc) is 3.17. The molecule has 0 amide bonds. The van der Waals surface area contributed by atoms with E-state index in [0.29, 0.717) is 19.4 Å². The maximum atomic E-state index is 6.53. The van der Waals surface area contributed by atoms with Crippen LogP contribution < -0.4 is 4.74 Å². The Balaban J connectivity index is 1.66. The van der Waals surface area contributed by atoms with E-state index in [2.05, 4.69) is 11.6 Å². The van der Waals surface area contributed by atoms with Gasteiger partial charge in [-0.25, -0.2) is 4.98 Å². The van der Waals surface area contributed by atoms with Gasteiger partial charge in [0.15, 0.2) is 0 Å². The van der Waals surface area contributed by atoms with Crippen LogP contribution >= 0.6 is 35.0 Å². The fourth-order valence-corrected chi connectivity index (χ4v) is 4.08. The van der Waals surface area contributed by atoms with Crippen LogP contribution in [0.4, 0.5) is 0 Å². The number of imidazole rings is 1. The molecule has 0 aliphatic carbocycles. The van der Waals surface area contributed by atoms with Crippen molar-refractivity contribution in [2.75, 3.05) is 6.61 Å². The van der Waals surface area contributed by atoms with E-state index in [1.54, 1.807) is 24.3 Å². The van der Waals surface area contributed by atoms with Crippen molar-refractivity contribution in [1.29, 1.82) is 0 Å². The largest absolute Gasteiger partial charge is 0.493 e. The molecule has 1 atom stereocenters. The topological polar surface area (TPSA) is 27.1 Å². The van der Waals surface area contributed by atoms with Crippen LogP contribution in [-0.4, -0.2) is 20.4 Å². The van der Waals surface area contributed by atoms with Crippen LogP contribution in [0.1, 0.15) is 18.4 Å². The van der Waals surface area contributed by atoms with Gasteiger partial charge in [0.1, 0.15) is 9.96 Å². The van der Waals surface area contributed by atoms with Crippen molar-refractivity contribution in [2.24, 2.45) is 0 Å². The molecule has 0 saturated heterocycles. The molecule has 0 spiro atoms. The number of allylic oxidation sites excluding steroid dienone is 1. The Morgan fingerprint density at radius 2 is 2.26 bits per heavy atom. The molecule has 3 nitrogen and oxygen atoms in total. The summed E-state index contributed by atoms with van der Waals surface area (Å²) in [5, 5.41) is 2.71. The van der Waals surface area contributed by atoms with Gasteiger partial charge >= 0.3 is 0 Å². The van der Waals surface area contributed by atoms with Crippen molar-refractivity contribution in [1.82, 2.24) is 9.55 Å². The lowest BCUT2D eigenvalue weighted by molar-refractivity contribution is 0.304. The monoisotopic (exact) mass is 366 g/mol. The van der Waals surface area contributed by atoms with Gasteiger partial charge in [-0.1, -0.05) is 30.3 Å². The van der Waals surface area contributed by atoms with E-state index in [-0.39, 0.29) is 0 Å². The van der Waals surface area contributed by atoms with Gasteiger partial charge < -0.3 is 9.30 Å². The summed E-state index contributed by atoms with van der Waals surface area (Å²) < 4.78 is 7.43. The number of nitrogens with zero attached hydrogens (tertiary/aromatic N) is 2. The molecule has 1 aromatic heterocycles. The molecule has 1 aliphatic rings. The average molecular weight is 367 g/mol. The fraction of sp³-hybridized carbons (Fsp3) is 0.235. The number of rotatable bonds is 6. The number of alkyl halides is 1. The maximum absolute atomic E-state index is 6.53. The first-order valence-electron chi connectivity index (χ1n) is 7.18. The number of hydrogen-bond donors (Lipinski definition) is 0. The van der Waals surface area contributed by atoms with E-state index < -0.39 is 4.21 Å². The molecule has 2 aromatic rings. The minimum Gasteiger partial charge on any atom is -0.493 e. The summed E-state index contributed by atoms with van der Waals surface area (Å²) in [7, 11) is 0. The Hall–Kier alpha value is -1.36. The lowest BCUT2D eigenvalue weighted by Crippen LogP contribution is -2.17. The Morgan fingerprint density at radius 3 is 2.96 bits per heavy atom. The molecule has 2 heterocycles. The Bertz CT molecular complexity index is 730. The van der Waals surface area contributed by atoms with Crippen molar-refractivity contribution in [2.45, 2.75) is 17.0 Å². The molecule has 0 N–H and O–H groups in total. The molecule has 6 heteroatoms. The quantitative estimate of drug-likeness (QED) is 0.647. The van der Waals surface area contributed by atoms with Crippen LogP contribution in [0.2, 0.25) is 0 Å². The summed E-state index contributed by atoms with van der Waals surface area (Å²) in [4.78, 5) is 4.05. The number of aromatic nitrogens is 2. The number of thioether (sulfide) groups is 1. The van der Waals surface area contributed by atoms with Crippen molar-refractivity contribution >= 4 is 40.7 Å². The third-order valence-corrected chi connectivity index (χ3v) is 5.71. The number of benzene rings is 1. The molecule has 0 fully saturated rings. The zero-order valence-electron chi connectivity index (χ0n) is 12.4. The predicted molar refractivity (Wildman–Crippen MR) is 97.9 cm³/mol. The van der Waals surface area contributed by atoms with Crippen LogP contribution in [0.15, 0.2) is 60.0 Å². The smallest absolute Gasteiger partial charge is 0.128 e. The van der Waals surface area contributed by atoms with Gasteiger partial charge in [-0.3, -0.25) is 0 Å². The summed E-state index contributed by atoms with van der Waals surface area (Å²) in [5.41, 5.74) is 1.75. The molecule has 23 heavy (non-hydrogen) atoms. The second kappa shape index (κ2) is 7.04. The minimum atomic E-state index is -0.395. The van der Waals surface area contributed by atoms with Gasteiger partial charge in [-0.2, -0.15) is 0 Å². The molecular formula is C17H16Cl2N2OS. The second-order valence-electron chi connectivity index (χ2n) is 5.25. The van der Waals surface area contributed by atoms with Gasteiger partial charge in [-0.15, -0.1) is 23.4 Å². The van der Waals surface area contributed by atoms with E-state index >= 15 is 0 Å². The molecule has 0 saturated carbocycles. The Labute approximate surface area is 150 Å². The van der Waals surface area contributed by atoms with E-state index in [9.17, 15) is 0 Å². The highest BCUT2D eigenvalue weighted by molar-refractivity contribution is 8.05. The van der Waals surface area contributed by atoms with Crippen LogP contribution in [0, 0.1) is 0 Å². The summed E-state index contributed by atoms with van der Waals surface area (Å²) >= 11 is 14.1. The molecule has 1 aromatic carbocycles. The van der Waals surface area contributed by atoms with E-state index in [0.717, 1.165) is 22.0 Å². The standard InChI is InChI=1S/C17H16Cl2N2OS/c1-13(21-8-7-20-12-21)15-4-2-3-5-16(15)22-9-6-17(19)10-14(18)11-23-17/h2-5,7-8,11-12H,1,6,9-10H2. The highest BCUT2D eigenvalue weighted by Gasteiger charge is 2.32. The molecule has 1 aliphatic heterocycles. The van der Waals surface area contributed by atoms with Crippen LogP contribution in [0.3, 0.4) is 0 Å². The van der Waals surface area contributed by atoms with Gasteiger partial charge in [0.2, 0.25) is 0 Å². The zero-order chi connectivity index (χ0) is 16.3.